The van der Waals surface area contributed by atoms with E-state index < -0.39 is 14.9 Å². The molecule has 0 radical (unpaired) electrons. The molecule has 9 heteroatoms. The van der Waals surface area contributed by atoms with Crippen LogP contribution in [0.2, 0.25) is 4.34 Å². The largest absolute Gasteiger partial charge is 0.300 e. The van der Waals surface area contributed by atoms with E-state index in [0.29, 0.717) is 12.5 Å². The van der Waals surface area contributed by atoms with Crippen molar-refractivity contribution < 1.29 is 13.3 Å². The number of hydrogen-bond acceptors (Lipinski definition) is 5. The Hall–Kier alpha value is -0.700. The van der Waals surface area contributed by atoms with Crippen LogP contribution < -0.4 is 0 Å². The smallest absolute Gasteiger partial charge is 0.258 e. The molecule has 0 amide bonds. The monoisotopic (exact) mass is 352 g/mol. The average Bonchev–Trinajstić information content (AvgIpc) is 2.82. The summed E-state index contributed by atoms with van der Waals surface area (Å²) in [6, 6.07) is 1.04. The summed E-state index contributed by atoms with van der Waals surface area (Å²) in [5.74, 6) is 0.365. The third kappa shape index (κ3) is 3.74. The normalized spacial score (nSPS) is 17.3. The fraction of sp³-hybridized carbons (Fsp3) is 0.667. The first-order valence-corrected chi connectivity index (χ1v) is 9.36. The van der Waals surface area contributed by atoms with Gasteiger partial charge in [-0.05, 0) is 18.8 Å². The van der Waals surface area contributed by atoms with E-state index >= 15 is 0 Å². The van der Waals surface area contributed by atoms with Gasteiger partial charge in [-0.2, -0.15) is 4.31 Å². The van der Waals surface area contributed by atoms with Crippen molar-refractivity contribution in [2.24, 2.45) is 5.92 Å². The summed E-state index contributed by atoms with van der Waals surface area (Å²) in [6.07, 6.45) is 5.54. The molecule has 1 aliphatic carbocycles. The maximum atomic E-state index is 12.4. The number of rotatable bonds is 5. The van der Waals surface area contributed by atoms with Crippen LogP contribution in [0.4, 0.5) is 5.69 Å². The minimum atomic E-state index is -3.71. The molecule has 21 heavy (non-hydrogen) atoms. The topological polar surface area (TPSA) is 80.5 Å². The van der Waals surface area contributed by atoms with Gasteiger partial charge in [-0.1, -0.05) is 30.9 Å². The van der Waals surface area contributed by atoms with Crippen LogP contribution >= 0.6 is 22.9 Å². The molecule has 0 bridgehead atoms. The van der Waals surface area contributed by atoms with Crippen molar-refractivity contribution in [3.05, 3.63) is 20.5 Å². The quantitative estimate of drug-likeness (QED) is 0.599. The Labute approximate surface area is 132 Å². The number of halogens is 1. The molecule has 0 aromatic carbocycles. The Morgan fingerprint density at radius 3 is 2.57 bits per heavy atom. The van der Waals surface area contributed by atoms with Crippen molar-refractivity contribution in [1.29, 1.82) is 0 Å². The minimum absolute atomic E-state index is 0.0718. The van der Waals surface area contributed by atoms with Gasteiger partial charge < -0.3 is 0 Å². The summed E-state index contributed by atoms with van der Waals surface area (Å²) in [4.78, 5) is 10.1. The fourth-order valence-electron chi connectivity index (χ4n) is 2.58. The molecule has 118 valence electrons. The summed E-state index contributed by atoms with van der Waals surface area (Å²) in [5, 5.41) is 10.8. The van der Waals surface area contributed by atoms with Gasteiger partial charge in [0.05, 0.1) is 4.92 Å². The van der Waals surface area contributed by atoms with Crippen molar-refractivity contribution in [3.63, 3.8) is 0 Å². The molecule has 2 rings (SSSR count). The predicted octanol–water partition coefficient (Wildman–Crippen LogP) is 3.51. The van der Waals surface area contributed by atoms with E-state index in [2.05, 4.69) is 0 Å². The van der Waals surface area contributed by atoms with E-state index in [1.54, 1.807) is 0 Å². The summed E-state index contributed by atoms with van der Waals surface area (Å²) in [6.45, 7) is 0.450. The van der Waals surface area contributed by atoms with Crippen molar-refractivity contribution in [3.8, 4) is 0 Å². The standard InChI is InChI=1S/C12H17ClN2O4S2/c1-14(8-9-5-3-2-4-6-9)21(18,19)11-7-10(15(16)17)12(13)20-11/h7,9H,2-6,8H2,1H3. The molecular formula is C12H17ClN2O4S2. The first kappa shape index (κ1) is 16.7. The fourth-order valence-corrected chi connectivity index (χ4v) is 5.70. The van der Waals surface area contributed by atoms with Crippen LogP contribution in [0.3, 0.4) is 0 Å². The second-order valence-electron chi connectivity index (χ2n) is 5.27. The minimum Gasteiger partial charge on any atom is -0.258 e. The van der Waals surface area contributed by atoms with Gasteiger partial charge in [-0.15, -0.1) is 11.3 Å². The molecule has 0 atom stereocenters. The highest BCUT2D eigenvalue weighted by Crippen LogP contribution is 2.37. The lowest BCUT2D eigenvalue weighted by molar-refractivity contribution is -0.384. The summed E-state index contributed by atoms with van der Waals surface area (Å²) < 4.78 is 26.0. The maximum absolute atomic E-state index is 12.4. The molecule has 1 fully saturated rings. The molecule has 1 heterocycles. The lowest BCUT2D eigenvalue weighted by Crippen LogP contribution is -2.32. The molecule has 0 saturated heterocycles. The lowest BCUT2D eigenvalue weighted by Gasteiger charge is -2.26. The zero-order valence-electron chi connectivity index (χ0n) is 11.6. The molecule has 0 aliphatic heterocycles. The van der Waals surface area contributed by atoms with Crippen LogP contribution in [-0.2, 0) is 10.0 Å². The molecule has 0 N–H and O–H groups in total. The Balaban J connectivity index is 2.16. The van der Waals surface area contributed by atoms with Crippen molar-refractivity contribution in [1.82, 2.24) is 4.31 Å². The van der Waals surface area contributed by atoms with E-state index in [1.807, 2.05) is 0 Å². The van der Waals surface area contributed by atoms with Gasteiger partial charge in [0.25, 0.3) is 15.7 Å². The molecule has 1 aliphatic rings. The van der Waals surface area contributed by atoms with Crippen LogP contribution in [0.1, 0.15) is 32.1 Å². The van der Waals surface area contributed by atoms with Crippen molar-refractivity contribution in [2.45, 2.75) is 36.3 Å². The van der Waals surface area contributed by atoms with Crippen molar-refractivity contribution >= 4 is 38.6 Å². The number of thiophene rings is 1. The number of hydrogen-bond donors (Lipinski definition) is 0. The number of sulfonamides is 1. The Bertz CT molecular complexity index is 623. The van der Waals surface area contributed by atoms with Crippen molar-refractivity contribution in [2.75, 3.05) is 13.6 Å². The van der Waals surface area contributed by atoms with E-state index in [-0.39, 0.29) is 14.2 Å². The lowest BCUT2D eigenvalue weighted by atomic mass is 9.89. The van der Waals surface area contributed by atoms with Gasteiger partial charge in [0, 0.05) is 19.7 Å². The maximum Gasteiger partial charge on any atom is 0.300 e. The van der Waals surface area contributed by atoms with Crippen LogP contribution in [0.15, 0.2) is 10.3 Å². The van der Waals surface area contributed by atoms with E-state index in [4.69, 9.17) is 11.6 Å². The van der Waals surface area contributed by atoms with Crippen LogP contribution in [0.5, 0.6) is 0 Å². The third-order valence-corrected chi connectivity index (χ3v) is 7.36. The Kier molecular flexibility index (Phi) is 5.24. The SMILES string of the molecule is CN(CC1CCCCC1)S(=O)(=O)c1cc([N+](=O)[O-])c(Cl)s1. The highest BCUT2D eigenvalue weighted by molar-refractivity contribution is 7.91. The van der Waals surface area contributed by atoms with Gasteiger partial charge in [0.1, 0.15) is 4.21 Å². The Morgan fingerprint density at radius 2 is 2.05 bits per heavy atom. The third-order valence-electron chi connectivity index (χ3n) is 3.75. The Morgan fingerprint density at radius 1 is 1.43 bits per heavy atom. The van der Waals surface area contributed by atoms with Gasteiger partial charge in [-0.3, -0.25) is 10.1 Å². The van der Waals surface area contributed by atoms with Crippen LogP contribution in [0.25, 0.3) is 0 Å². The van der Waals surface area contributed by atoms with Gasteiger partial charge in [-0.25, -0.2) is 8.42 Å². The first-order valence-electron chi connectivity index (χ1n) is 6.72. The highest BCUT2D eigenvalue weighted by atomic mass is 35.5. The number of nitrogens with zero attached hydrogens (tertiary/aromatic N) is 2. The highest BCUT2D eigenvalue weighted by Gasteiger charge is 2.30. The predicted molar refractivity (Wildman–Crippen MR) is 82.4 cm³/mol. The summed E-state index contributed by atoms with van der Waals surface area (Å²) in [7, 11) is -2.19. The van der Waals surface area contributed by atoms with Gasteiger partial charge in [0.15, 0.2) is 4.34 Å². The molecule has 6 nitrogen and oxygen atoms in total. The van der Waals surface area contributed by atoms with Gasteiger partial charge in [0.2, 0.25) is 0 Å². The molecule has 1 aromatic rings. The summed E-state index contributed by atoms with van der Waals surface area (Å²) in [5.41, 5.74) is -0.355. The van der Waals surface area contributed by atoms with E-state index in [9.17, 15) is 18.5 Å². The first-order chi connectivity index (χ1) is 9.82. The van der Waals surface area contributed by atoms with Gasteiger partial charge >= 0.3 is 0 Å². The molecule has 1 saturated carbocycles. The number of nitro groups is 1. The zero-order valence-corrected chi connectivity index (χ0v) is 14.0. The second-order valence-corrected chi connectivity index (χ2v) is 9.20. The summed E-state index contributed by atoms with van der Waals surface area (Å²) >= 11 is 6.47. The van der Waals surface area contributed by atoms with E-state index in [0.717, 1.165) is 43.1 Å². The molecule has 1 aromatic heterocycles. The van der Waals surface area contributed by atoms with Crippen LogP contribution in [0, 0.1) is 16.0 Å². The molecular weight excluding hydrogens is 336 g/mol. The zero-order chi connectivity index (χ0) is 15.6. The molecule has 0 unspecified atom stereocenters. The second kappa shape index (κ2) is 6.60. The van der Waals surface area contributed by atoms with Crippen LogP contribution in [-0.4, -0.2) is 31.2 Å². The average molecular weight is 353 g/mol. The van der Waals surface area contributed by atoms with E-state index in [1.165, 1.54) is 17.8 Å². The molecule has 0 spiro atoms.